The maximum Gasteiger partial charge on any atom is 0.344 e. The maximum absolute atomic E-state index is 11.6. The summed E-state index contributed by atoms with van der Waals surface area (Å²) in [5.74, 6) is -0.422. The van der Waals surface area contributed by atoms with Gasteiger partial charge in [0.2, 0.25) is 0 Å². The fraction of sp³-hybridized carbons (Fsp3) is 0.400. The molecular weight excluding hydrogens is 290 g/mol. The van der Waals surface area contributed by atoms with Crippen molar-refractivity contribution in [3.8, 4) is 11.5 Å². The zero-order valence-electron chi connectivity index (χ0n) is 12.8. The molecule has 1 aromatic rings. The van der Waals surface area contributed by atoms with E-state index in [1.165, 1.54) is 32.2 Å². The first-order valence-corrected chi connectivity index (χ1v) is 6.75. The highest BCUT2D eigenvalue weighted by atomic mass is 16.6. The number of likely N-dealkylation sites (N-methyl/N-ethyl adjacent to an activating group) is 1. The fourth-order valence-electron chi connectivity index (χ4n) is 1.62. The number of ether oxygens (including phenoxy) is 3. The summed E-state index contributed by atoms with van der Waals surface area (Å²) < 4.78 is 15.3. The van der Waals surface area contributed by atoms with Crippen molar-refractivity contribution in [3.63, 3.8) is 0 Å². The fourth-order valence-corrected chi connectivity index (χ4v) is 1.62. The Hall–Kier alpha value is -2.57. The number of nitrogens with one attached hydrogen (secondary N) is 1. The molecule has 0 aromatic heterocycles. The normalized spacial score (nSPS) is 11.2. The molecule has 1 rings (SSSR count). The molecule has 0 aliphatic heterocycles. The van der Waals surface area contributed by atoms with Gasteiger partial charge in [0, 0.05) is 12.1 Å². The van der Waals surface area contributed by atoms with E-state index in [4.69, 9.17) is 14.2 Å². The second kappa shape index (κ2) is 8.66. The third-order valence-corrected chi connectivity index (χ3v) is 2.70. The first-order valence-electron chi connectivity index (χ1n) is 6.75. The van der Waals surface area contributed by atoms with Gasteiger partial charge in [0.25, 0.3) is 5.91 Å². The molecule has 0 radical (unpaired) electrons. The van der Waals surface area contributed by atoms with E-state index in [2.05, 4.69) is 5.32 Å². The summed E-state index contributed by atoms with van der Waals surface area (Å²) in [6.45, 7) is 3.32. The van der Waals surface area contributed by atoms with E-state index in [0.29, 0.717) is 29.9 Å². The summed E-state index contributed by atoms with van der Waals surface area (Å²) in [4.78, 5) is 33.8. The predicted molar refractivity (Wildman–Crippen MR) is 78.1 cm³/mol. The Morgan fingerprint density at radius 1 is 1.32 bits per heavy atom. The first kappa shape index (κ1) is 17.5. The standard InChI is InChI=1S/C15H19NO6/c1-4-16-15(19)10(2)22-14(18)9-21-12-6-5-11(8-17)7-13(12)20-3/h5-8,10H,4,9H2,1-3H3,(H,16,19)/t10-/m0/s1. The molecule has 0 saturated carbocycles. The van der Waals surface area contributed by atoms with E-state index in [9.17, 15) is 14.4 Å². The number of carbonyl (C=O) groups excluding carboxylic acids is 3. The summed E-state index contributed by atoms with van der Waals surface area (Å²) >= 11 is 0. The van der Waals surface area contributed by atoms with Crippen LogP contribution in [0.25, 0.3) is 0 Å². The quantitative estimate of drug-likeness (QED) is 0.568. The topological polar surface area (TPSA) is 90.9 Å². The lowest BCUT2D eigenvalue weighted by Crippen LogP contribution is -2.36. The van der Waals surface area contributed by atoms with Crippen molar-refractivity contribution >= 4 is 18.2 Å². The van der Waals surface area contributed by atoms with Gasteiger partial charge in [-0.2, -0.15) is 0 Å². The van der Waals surface area contributed by atoms with Gasteiger partial charge >= 0.3 is 5.97 Å². The van der Waals surface area contributed by atoms with Crippen molar-refractivity contribution in [2.75, 3.05) is 20.3 Å². The van der Waals surface area contributed by atoms with E-state index in [1.54, 1.807) is 6.92 Å². The molecule has 0 aliphatic rings. The van der Waals surface area contributed by atoms with Gasteiger partial charge in [0.1, 0.15) is 6.29 Å². The monoisotopic (exact) mass is 309 g/mol. The molecule has 1 amide bonds. The van der Waals surface area contributed by atoms with Gasteiger partial charge in [-0.3, -0.25) is 9.59 Å². The van der Waals surface area contributed by atoms with Crippen LogP contribution in [0.15, 0.2) is 18.2 Å². The van der Waals surface area contributed by atoms with E-state index < -0.39 is 12.1 Å². The largest absolute Gasteiger partial charge is 0.493 e. The number of methoxy groups -OCH3 is 1. The number of carbonyl (C=O) groups is 3. The number of hydrogen-bond donors (Lipinski definition) is 1. The summed E-state index contributed by atoms with van der Waals surface area (Å²) in [6, 6.07) is 4.54. The molecule has 0 unspecified atom stereocenters. The van der Waals surface area contributed by atoms with Gasteiger partial charge in [-0.05, 0) is 32.0 Å². The summed E-state index contributed by atoms with van der Waals surface area (Å²) in [5.41, 5.74) is 0.427. The third kappa shape index (κ3) is 5.08. The van der Waals surface area contributed by atoms with Crippen molar-refractivity contribution in [1.82, 2.24) is 5.32 Å². The SMILES string of the molecule is CCNC(=O)[C@H](C)OC(=O)COc1ccc(C=O)cc1OC. The molecule has 7 nitrogen and oxygen atoms in total. The Bertz CT molecular complexity index is 543. The van der Waals surface area contributed by atoms with Gasteiger partial charge in [-0.15, -0.1) is 0 Å². The second-order valence-corrected chi connectivity index (χ2v) is 4.34. The molecule has 0 spiro atoms. The Morgan fingerprint density at radius 3 is 2.64 bits per heavy atom. The third-order valence-electron chi connectivity index (χ3n) is 2.70. The van der Waals surface area contributed by atoms with E-state index in [-0.39, 0.29) is 12.5 Å². The molecule has 1 aromatic carbocycles. The van der Waals surface area contributed by atoms with Gasteiger partial charge in [-0.1, -0.05) is 0 Å². The lowest BCUT2D eigenvalue weighted by molar-refractivity contribution is -0.156. The predicted octanol–water partition coefficient (Wildman–Crippen LogP) is 0.954. The summed E-state index contributed by atoms with van der Waals surface area (Å²) in [5, 5.41) is 2.55. The Balaban J connectivity index is 2.57. The molecule has 1 N–H and O–H groups in total. The highest BCUT2D eigenvalue weighted by molar-refractivity contribution is 5.83. The maximum atomic E-state index is 11.6. The van der Waals surface area contributed by atoms with Crippen molar-refractivity contribution in [2.45, 2.75) is 20.0 Å². The second-order valence-electron chi connectivity index (χ2n) is 4.34. The van der Waals surface area contributed by atoms with Crippen LogP contribution in [0.2, 0.25) is 0 Å². The molecule has 0 saturated heterocycles. The molecule has 0 heterocycles. The average Bonchev–Trinajstić information content (AvgIpc) is 2.52. The molecule has 120 valence electrons. The molecule has 7 heteroatoms. The zero-order chi connectivity index (χ0) is 16.5. The molecule has 0 aliphatic carbocycles. The number of rotatable bonds is 8. The van der Waals surface area contributed by atoms with Gasteiger partial charge < -0.3 is 19.5 Å². The van der Waals surface area contributed by atoms with E-state index in [0.717, 1.165) is 0 Å². The van der Waals surface area contributed by atoms with Crippen molar-refractivity contribution < 1.29 is 28.6 Å². The van der Waals surface area contributed by atoms with Crippen molar-refractivity contribution in [3.05, 3.63) is 23.8 Å². The van der Waals surface area contributed by atoms with Crippen LogP contribution in [-0.4, -0.2) is 44.5 Å². The van der Waals surface area contributed by atoms with Crippen LogP contribution in [0.5, 0.6) is 11.5 Å². The van der Waals surface area contributed by atoms with Crippen LogP contribution < -0.4 is 14.8 Å². The smallest absolute Gasteiger partial charge is 0.344 e. The lowest BCUT2D eigenvalue weighted by Gasteiger charge is -2.14. The van der Waals surface area contributed by atoms with Gasteiger partial charge in [0.15, 0.2) is 24.2 Å². The minimum Gasteiger partial charge on any atom is -0.493 e. The van der Waals surface area contributed by atoms with Crippen LogP contribution in [0, 0.1) is 0 Å². The highest BCUT2D eigenvalue weighted by Crippen LogP contribution is 2.27. The highest BCUT2D eigenvalue weighted by Gasteiger charge is 2.17. The number of hydrogen-bond acceptors (Lipinski definition) is 6. The van der Waals surface area contributed by atoms with Crippen LogP contribution in [0.3, 0.4) is 0 Å². The van der Waals surface area contributed by atoms with Crippen LogP contribution in [-0.2, 0) is 14.3 Å². The summed E-state index contributed by atoms with van der Waals surface area (Å²) in [7, 11) is 1.42. The minimum atomic E-state index is -0.893. The zero-order valence-corrected chi connectivity index (χ0v) is 12.8. The average molecular weight is 309 g/mol. The Morgan fingerprint density at radius 2 is 2.05 bits per heavy atom. The van der Waals surface area contributed by atoms with Crippen molar-refractivity contribution in [2.24, 2.45) is 0 Å². The van der Waals surface area contributed by atoms with Crippen LogP contribution >= 0.6 is 0 Å². The molecule has 1 atom stereocenters. The van der Waals surface area contributed by atoms with E-state index in [1.807, 2.05) is 0 Å². The number of aldehydes is 1. The van der Waals surface area contributed by atoms with Gasteiger partial charge in [0.05, 0.1) is 7.11 Å². The molecule has 0 bridgehead atoms. The Labute approximate surface area is 128 Å². The van der Waals surface area contributed by atoms with E-state index >= 15 is 0 Å². The first-order chi connectivity index (χ1) is 10.5. The summed E-state index contributed by atoms with van der Waals surface area (Å²) in [6.07, 6.45) is -0.218. The van der Waals surface area contributed by atoms with Crippen LogP contribution in [0.4, 0.5) is 0 Å². The van der Waals surface area contributed by atoms with Gasteiger partial charge in [-0.25, -0.2) is 4.79 Å². The van der Waals surface area contributed by atoms with Crippen LogP contribution in [0.1, 0.15) is 24.2 Å². The number of esters is 1. The molecular formula is C15H19NO6. The lowest BCUT2D eigenvalue weighted by atomic mass is 10.2. The Kier molecular flexibility index (Phi) is 6.88. The van der Waals surface area contributed by atoms with Crippen molar-refractivity contribution in [1.29, 1.82) is 0 Å². The number of amides is 1. The minimum absolute atomic E-state index is 0.302. The number of benzene rings is 1. The molecule has 22 heavy (non-hydrogen) atoms. The molecule has 0 fully saturated rings.